The van der Waals surface area contributed by atoms with Crippen LogP contribution in [0.4, 0.5) is 13.2 Å². The number of carbonyl (C=O) groups is 1. The maximum atomic E-state index is 12.4. The van der Waals surface area contributed by atoms with E-state index in [-0.39, 0.29) is 29.4 Å². The summed E-state index contributed by atoms with van der Waals surface area (Å²) in [7, 11) is 0. The third kappa shape index (κ3) is 3.56. The summed E-state index contributed by atoms with van der Waals surface area (Å²) in [6.07, 6.45) is -4.40. The van der Waals surface area contributed by atoms with E-state index >= 15 is 0 Å². The highest BCUT2D eigenvalue weighted by Gasteiger charge is 2.30. The maximum absolute atomic E-state index is 12.4. The molecule has 0 saturated carbocycles. The van der Waals surface area contributed by atoms with Crippen LogP contribution < -0.4 is 4.74 Å². The van der Waals surface area contributed by atoms with Gasteiger partial charge in [0.1, 0.15) is 29.4 Å². The number of hydrogen-bond acceptors (Lipinski definition) is 3. The zero-order valence-electron chi connectivity index (χ0n) is 10.9. The summed E-state index contributed by atoms with van der Waals surface area (Å²) < 4.78 is 47.6. The molecule has 0 aliphatic carbocycles. The van der Waals surface area contributed by atoms with Crippen LogP contribution in [0.25, 0.3) is 0 Å². The number of ether oxygens (including phenoxy) is 1. The van der Waals surface area contributed by atoms with Gasteiger partial charge in [-0.2, -0.15) is 13.2 Å². The van der Waals surface area contributed by atoms with Crippen LogP contribution in [0.3, 0.4) is 0 Å². The second-order valence-electron chi connectivity index (χ2n) is 4.30. The normalized spacial score (nSPS) is 11.4. The maximum Gasteiger partial charge on any atom is 0.416 e. The van der Waals surface area contributed by atoms with Crippen molar-refractivity contribution in [3.05, 3.63) is 53.0 Å². The summed E-state index contributed by atoms with van der Waals surface area (Å²) in [4.78, 5) is 10.8. The predicted molar refractivity (Wildman–Crippen MR) is 66.2 cm³/mol. The molecule has 1 aromatic heterocycles. The van der Waals surface area contributed by atoms with Crippen LogP contribution in [0.15, 0.2) is 34.7 Å². The van der Waals surface area contributed by atoms with Crippen molar-refractivity contribution in [1.29, 1.82) is 0 Å². The fraction of sp³-hybridized carbons (Fsp3) is 0.214. The van der Waals surface area contributed by atoms with Crippen LogP contribution >= 0.6 is 0 Å². The van der Waals surface area contributed by atoms with Gasteiger partial charge in [0, 0.05) is 0 Å². The molecule has 0 saturated heterocycles. The zero-order chi connectivity index (χ0) is 15.6. The highest BCUT2D eigenvalue weighted by Crippen LogP contribution is 2.30. The van der Waals surface area contributed by atoms with E-state index in [0.717, 1.165) is 12.1 Å². The molecular weight excluding hydrogens is 289 g/mol. The summed E-state index contributed by atoms with van der Waals surface area (Å²) in [5, 5.41) is 8.86. The molecule has 4 nitrogen and oxygen atoms in total. The average Bonchev–Trinajstić information content (AvgIpc) is 2.77. The second-order valence-corrected chi connectivity index (χ2v) is 4.30. The number of halogens is 3. The molecule has 0 aliphatic heterocycles. The first-order valence-electron chi connectivity index (χ1n) is 5.90. The molecule has 0 atom stereocenters. The molecule has 0 radical (unpaired) electrons. The molecule has 7 heteroatoms. The van der Waals surface area contributed by atoms with Crippen molar-refractivity contribution in [3.8, 4) is 5.75 Å². The number of hydrogen-bond donors (Lipinski definition) is 1. The smallest absolute Gasteiger partial charge is 0.416 e. The first-order chi connectivity index (χ1) is 9.77. The number of rotatable bonds is 4. The monoisotopic (exact) mass is 300 g/mol. The van der Waals surface area contributed by atoms with E-state index in [4.69, 9.17) is 14.3 Å². The molecule has 1 heterocycles. The van der Waals surface area contributed by atoms with Gasteiger partial charge in [-0.1, -0.05) is 0 Å². The minimum absolute atomic E-state index is 0.0287. The highest BCUT2D eigenvalue weighted by atomic mass is 19.4. The minimum atomic E-state index is -4.40. The van der Waals surface area contributed by atoms with E-state index in [1.165, 1.54) is 25.1 Å². The standard InChI is InChI=1S/C14H11F3O4/c1-8-12(13(18)19)6-11(21-8)7-20-10-4-2-9(3-5-10)14(15,16)17/h2-6H,7H2,1H3,(H,18,19). The molecule has 0 aliphatic rings. The van der Waals surface area contributed by atoms with E-state index < -0.39 is 17.7 Å². The van der Waals surface area contributed by atoms with E-state index in [1.54, 1.807) is 0 Å². The molecule has 0 bridgehead atoms. The van der Waals surface area contributed by atoms with Crippen LogP contribution in [0.5, 0.6) is 5.75 Å². The van der Waals surface area contributed by atoms with E-state index in [9.17, 15) is 18.0 Å². The fourth-order valence-electron chi connectivity index (χ4n) is 1.72. The number of aromatic carboxylic acids is 1. The van der Waals surface area contributed by atoms with Crippen LogP contribution in [0, 0.1) is 6.92 Å². The summed E-state index contributed by atoms with van der Waals surface area (Å²) in [5.74, 6) is -0.357. The minimum Gasteiger partial charge on any atom is -0.486 e. The number of aryl methyl sites for hydroxylation is 1. The largest absolute Gasteiger partial charge is 0.486 e. The lowest BCUT2D eigenvalue weighted by atomic mass is 10.2. The van der Waals surface area contributed by atoms with Gasteiger partial charge in [0.05, 0.1) is 5.56 Å². The SMILES string of the molecule is Cc1oc(COc2ccc(C(F)(F)F)cc2)cc1C(=O)O. The van der Waals surface area contributed by atoms with Gasteiger partial charge >= 0.3 is 12.1 Å². The van der Waals surface area contributed by atoms with Crippen LogP contribution in [-0.2, 0) is 12.8 Å². The lowest BCUT2D eigenvalue weighted by molar-refractivity contribution is -0.137. The molecule has 112 valence electrons. The van der Waals surface area contributed by atoms with Crippen molar-refractivity contribution in [2.45, 2.75) is 19.7 Å². The number of carboxylic acid groups (broad SMARTS) is 1. The molecule has 0 unspecified atom stereocenters. The van der Waals surface area contributed by atoms with Crippen molar-refractivity contribution in [2.75, 3.05) is 0 Å². The Balaban J connectivity index is 2.03. The van der Waals surface area contributed by atoms with Crippen LogP contribution in [0.2, 0.25) is 0 Å². The predicted octanol–water partition coefficient (Wildman–Crippen LogP) is 3.88. The van der Waals surface area contributed by atoms with Gasteiger partial charge in [-0.25, -0.2) is 4.79 Å². The first kappa shape index (κ1) is 15.0. The number of furan rings is 1. The topological polar surface area (TPSA) is 59.7 Å². The van der Waals surface area contributed by atoms with Crippen molar-refractivity contribution in [2.24, 2.45) is 0 Å². The summed E-state index contributed by atoms with van der Waals surface area (Å²) >= 11 is 0. The van der Waals surface area contributed by atoms with Gasteiger partial charge < -0.3 is 14.3 Å². The Labute approximate surface area is 117 Å². The second kappa shape index (κ2) is 5.51. The molecule has 0 amide bonds. The Kier molecular flexibility index (Phi) is 3.93. The molecular formula is C14H11F3O4. The van der Waals surface area contributed by atoms with Crippen LogP contribution in [-0.4, -0.2) is 11.1 Å². The van der Waals surface area contributed by atoms with Crippen molar-refractivity contribution >= 4 is 5.97 Å². The molecule has 0 fully saturated rings. The third-order valence-electron chi connectivity index (χ3n) is 2.76. The average molecular weight is 300 g/mol. The van der Waals surface area contributed by atoms with Gasteiger partial charge in [0.15, 0.2) is 0 Å². The Morgan fingerprint density at radius 3 is 2.38 bits per heavy atom. The molecule has 1 N–H and O–H groups in total. The van der Waals surface area contributed by atoms with Gasteiger partial charge in [-0.3, -0.25) is 0 Å². The Hall–Kier alpha value is -2.44. The zero-order valence-corrected chi connectivity index (χ0v) is 10.9. The van der Waals surface area contributed by atoms with Gasteiger partial charge in [0.2, 0.25) is 0 Å². The summed E-state index contributed by atoms with van der Waals surface area (Å²) in [6, 6.07) is 5.52. The summed E-state index contributed by atoms with van der Waals surface area (Å²) in [5.41, 5.74) is -0.738. The molecule has 2 aromatic rings. The molecule has 21 heavy (non-hydrogen) atoms. The van der Waals surface area contributed by atoms with E-state index in [0.29, 0.717) is 0 Å². The molecule has 0 spiro atoms. The van der Waals surface area contributed by atoms with Crippen molar-refractivity contribution < 1.29 is 32.2 Å². The Morgan fingerprint density at radius 2 is 1.90 bits per heavy atom. The first-order valence-corrected chi connectivity index (χ1v) is 5.90. The molecule has 2 rings (SSSR count). The lowest BCUT2D eigenvalue weighted by Crippen LogP contribution is -2.04. The highest BCUT2D eigenvalue weighted by molar-refractivity contribution is 5.88. The quantitative estimate of drug-likeness (QED) is 0.930. The van der Waals surface area contributed by atoms with E-state index in [1.807, 2.05) is 0 Å². The van der Waals surface area contributed by atoms with E-state index in [2.05, 4.69) is 0 Å². The summed E-state index contributed by atoms with van der Waals surface area (Å²) in [6.45, 7) is 1.44. The fourth-order valence-corrected chi connectivity index (χ4v) is 1.72. The Morgan fingerprint density at radius 1 is 1.29 bits per heavy atom. The Bertz CT molecular complexity index is 641. The van der Waals surface area contributed by atoms with Crippen molar-refractivity contribution in [1.82, 2.24) is 0 Å². The number of benzene rings is 1. The van der Waals surface area contributed by atoms with Gasteiger partial charge in [-0.05, 0) is 37.3 Å². The number of carboxylic acids is 1. The van der Waals surface area contributed by atoms with Crippen LogP contribution in [0.1, 0.15) is 27.4 Å². The number of alkyl halides is 3. The van der Waals surface area contributed by atoms with Gasteiger partial charge in [0.25, 0.3) is 0 Å². The third-order valence-corrected chi connectivity index (χ3v) is 2.76. The van der Waals surface area contributed by atoms with Gasteiger partial charge in [-0.15, -0.1) is 0 Å². The van der Waals surface area contributed by atoms with Crippen molar-refractivity contribution in [3.63, 3.8) is 0 Å². The molecule has 1 aromatic carbocycles. The lowest BCUT2D eigenvalue weighted by Gasteiger charge is -2.08.